The first-order chi connectivity index (χ1) is 12.0. The molecular weight excluding hydrogens is 358 g/mol. The summed E-state index contributed by atoms with van der Waals surface area (Å²) in [4.78, 5) is 25.9. The molecule has 7 heteroatoms. The van der Waals surface area contributed by atoms with Crippen molar-refractivity contribution in [3.8, 4) is 5.75 Å². The third kappa shape index (κ3) is 5.86. The van der Waals surface area contributed by atoms with E-state index in [1.165, 1.54) is 11.8 Å². The van der Waals surface area contributed by atoms with Gasteiger partial charge in [-0.2, -0.15) is 0 Å². The third-order valence-electron chi connectivity index (χ3n) is 3.61. The van der Waals surface area contributed by atoms with Crippen LogP contribution in [0.2, 0.25) is 0 Å². The number of phenolic OH excluding ortho intramolecular Hbond substituents is 1. The molecule has 0 saturated carbocycles. The van der Waals surface area contributed by atoms with Gasteiger partial charge in [-0.05, 0) is 43.5 Å². The molecule has 1 heterocycles. The molecule has 1 amide bonds. The minimum Gasteiger partial charge on any atom is -0.508 e. The molecule has 1 N–H and O–H groups in total. The van der Waals surface area contributed by atoms with Crippen molar-refractivity contribution >= 4 is 46.3 Å². The molecule has 0 unspecified atom stereocenters. The van der Waals surface area contributed by atoms with Crippen molar-refractivity contribution in [1.82, 2.24) is 4.90 Å². The van der Waals surface area contributed by atoms with Crippen LogP contribution in [0.1, 0.15) is 38.2 Å². The molecule has 0 radical (unpaired) electrons. The Labute approximate surface area is 157 Å². The number of esters is 1. The summed E-state index contributed by atoms with van der Waals surface area (Å²) < 4.78 is 5.43. The van der Waals surface area contributed by atoms with Crippen LogP contribution in [0, 0.1) is 0 Å². The lowest BCUT2D eigenvalue weighted by Gasteiger charge is -2.13. The van der Waals surface area contributed by atoms with Gasteiger partial charge in [0.1, 0.15) is 10.1 Å². The minimum atomic E-state index is -0.179. The molecule has 1 fully saturated rings. The molecule has 2 rings (SSSR count). The number of nitrogens with zero attached hydrogens (tertiary/aromatic N) is 1. The van der Waals surface area contributed by atoms with Crippen LogP contribution in [0.5, 0.6) is 5.75 Å². The van der Waals surface area contributed by atoms with Crippen LogP contribution in [0.25, 0.3) is 6.08 Å². The van der Waals surface area contributed by atoms with Crippen LogP contribution in [0.15, 0.2) is 29.2 Å². The van der Waals surface area contributed by atoms with E-state index in [4.69, 9.17) is 17.0 Å². The summed E-state index contributed by atoms with van der Waals surface area (Å²) in [5.74, 6) is -0.128. The zero-order chi connectivity index (χ0) is 18.2. The Kier molecular flexibility index (Phi) is 7.46. The zero-order valence-electron chi connectivity index (χ0n) is 14.1. The summed E-state index contributed by atoms with van der Waals surface area (Å²) in [5.41, 5.74) is 0.759. The minimum absolute atomic E-state index is 0.108. The van der Waals surface area contributed by atoms with E-state index in [0.717, 1.165) is 24.8 Å². The van der Waals surface area contributed by atoms with Gasteiger partial charge in [0.2, 0.25) is 0 Å². The number of rotatable bonds is 8. The smallest absolute Gasteiger partial charge is 0.305 e. The maximum absolute atomic E-state index is 12.5. The molecule has 134 valence electrons. The monoisotopic (exact) mass is 379 g/mol. The van der Waals surface area contributed by atoms with Gasteiger partial charge in [-0.3, -0.25) is 14.5 Å². The van der Waals surface area contributed by atoms with Gasteiger partial charge in [-0.15, -0.1) is 0 Å². The summed E-state index contributed by atoms with van der Waals surface area (Å²) >= 11 is 6.57. The van der Waals surface area contributed by atoms with Crippen molar-refractivity contribution in [2.45, 2.75) is 32.6 Å². The lowest BCUT2D eigenvalue weighted by Crippen LogP contribution is -2.29. The van der Waals surface area contributed by atoms with Gasteiger partial charge in [-0.25, -0.2) is 0 Å². The van der Waals surface area contributed by atoms with Crippen molar-refractivity contribution in [2.75, 3.05) is 13.2 Å². The highest BCUT2D eigenvalue weighted by Crippen LogP contribution is 2.33. The molecule has 0 bridgehead atoms. The molecular formula is C18H21NO4S2. The number of aromatic hydroxyl groups is 1. The zero-order valence-corrected chi connectivity index (χ0v) is 15.7. The normalized spacial score (nSPS) is 15.9. The first kappa shape index (κ1) is 19.5. The van der Waals surface area contributed by atoms with Gasteiger partial charge in [0.05, 0.1) is 11.5 Å². The van der Waals surface area contributed by atoms with E-state index in [-0.39, 0.29) is 17.6 Å². The molecule has 25 heavy (non-hydrogen) atoms. The van der Waals surface area contributed by atoms with Crippen molar-refractivity contribution < 1.29 is 19.4 Å². The van der Waals surface area contributed by atoms with E-state index in [1.807, 2.05) is 6.07 Å². The van der Waals surface area contributed by atoms with Gasteiger partial charge in [0, 0.05) is 13.0 Å². The number of benzene rings is 1. The average Bonchev–Trinajstić information content (AvgIpc) is 2.82. The van der Waals surface area contributed by atoms with Crippen molar-refractivity contribution in [2.24, 2.45) is 0 Å². The van der Waals surface area contributed by atoms with Crippen LogP contribution in [0.4, 0.5) is 0 Å². The SMILES string of the molecule is CCOC(=O)CCCCCN1C(=O)/C(=C\c2cccc(O)c2)SC1=S. The second-order valence-corrected chi connectivity index (χ2v) is 7.22. The van der Waals surface area contributed by atoms with Crippen LogP contribution in [-0.4, -0.2) is 39.4 Å². The number of ether oxygens (including phenoxy) is 1. The summed E-state index contributed by atoms with van der Waals surface area (Å²) in [7, 11) is 0. The van der Waals surface area contributed by atoms with Crippen LogP contribution in [-0.2, 0) is 14.3 Å². The fourth-order valence-corrected chi connectivity index (χ4v) is 3.72. The first-order valence-corrected chi connectivity index (χ1v) is 9.43. The first-order valence-electron chi connectivity index (χ1n) is 8.21. The fraction of sp³-hybridized carbons (Fsp3) is 0.389. The number of unbranched alkanes of at least 4 members (excludes halogenated alkanes) is 2. The summed E-state index contributed by atoms with van der Waals surface area (Å²) in [6, 6.07) is 6.73. The standard InChI is InChI=1S/C18H21NO4S2/c1-2-23-16(21)9-4-3-5-10-19-17(22)15(25-18(19)24)12-13-7-6-8-14(20)11-13/h6-8,11-12,20H,2-5,9-10H2,1H3/b15-12+. The Bertz CT molecular complexity index is 687. The molecule has 0 spiro atoms. The van der Waals surface area contributed by atoms with Crippen molar-refractivity contribution in [1.29, 1.82) is 0 Å². The number of carbonyl (C=O) groups excluding carboxylic acids is 2. The van der Waals surface area contributed by atoms with Crippen LogP contribution >= 0.6 is 24.0 Å². The molecule has 1 aliphatic heterocycles. The van der Waals surface area contributed by atoms with Crippen molar-refractivity contribution in [3.05, 3.63) is 34.7 Å². The highest BCUT2D eigenvalue weighted by Gasteiger charge is 2.31. The second-order valence-electron chi connectivity index (χ2n) is 5.54. The van der Waals surface area contributed by atoms with E-state index in [2.05, 4.69) is 0 Å². The summed E-state index contributed by atoms with van der Waals surface area (Å²) in [6.45, 7) is 2.74. The molecule has 1 saturated heterocycles. The van der Waals surface area contributed by atoms with Crippen molar-refractivity contribution in [3.63, 3.8) is 0 Å². The fourth-order valence-electron chi connectivity index (χ4n) is 2.41. The van der Waals surface area contributed by atoms with Gasteiger partial charge in [0.15, 0.2) is 0 Å². The quantitative estimate of drug-likeness (QED) is 0.321. The Hall–Kier alpha value is -1.86. The highest BCUT2D eigenvalue weighted by atomic mass is 32.2. The molecule has 0 atom stereocenters. The maximum atomic E-state index is 12.5. The Morgan fingerprint density at radius 3 is 2.88 bits per heavy atom. The highest BCUT2D eigenvalue weighted by molar-refractivity contribution is 8.26. The Morgan fingerprint density at radius 1 is 1.36 bits per heavy atom. The van der Waals surface area contributed by atoms with Crippen LogP contribution in [0.3, 0.4) is 0 Å². The number of hydrogen-bond acceptors (Lipinski definition) is 6. The Balaban J connectivity index is 1.84. The number of hydrogen-bond donors (Lipinski definition) is 1. The summed E-state index contributed by atoms with van der Waals surface area (Å²) in [6.07, 6.45) is 4.50. The molecule has 5 nitrogen and oxygen atoms in total. The Morgan fingerprint density at radius 2 is 2.16 bits per heavy atom. The van der Waals surface area contributed by atoms with E-state index < -0.39 is 0 Å². The second kappa shape index (κ2) is 9.58. The number of phenols is 1. The third-order valence-corrected chi connectivity index (χ3v) is 4.99. The largest absolute Gasteiger partial charge is 0.508 e. The van der Waals surface area contributed by atoms with Crippen LogP contribution < -0.4 is 0 Å². The lowest BCUT2D eigenvalue weighted by molar-refractivity contribution is -0.143. The van der Waals surface area contributed by atoms with E-state index in [9.17, 15) is 14.7 Å². The molecule has 1 aromatic rings. The molecule has 1 aromatic carbocycles. The van der Waals surface area contributed by atoms with Gasteiger partial charge < -0.3 is 9.84 Å². The predicted molar refractivity (Wildman–Crippen MR) is 103 cm³/mol. The number of thiocarbonyl (C=S) groups is 1. The van der Waals surface area contributed by atoms with Gasteiger partial charge in [-0.1, -0.05) is 42.5 Å². The topological polar surface area (TPSA) is 66.8 Å². The number of thioether (sulfide) groups is 1. The maximum Gasteiger partial charge on any atom is 0.305 e. The average molecular weight is 380 g/mol. The van der Waals surface area contributed by atoms with E-state index in [0.29, 0.717) is 28.8 Å². The molecule has 0 aromatic heterocycles. The van der Waals surface area contributed by atoms with Gasteiger partial charge >= 0.3 is 5.97 Å². The van der Waals surface area contributed by atoms with Gasteiger partial charge in [0.25, 0.3) is 5.91 Å². The molecule has 1 aliphatic rings. The summed E-state index contributed by atoms with van der Waals surface area (Å²) in [5, 5.41) is 9.51. The van der Waals surface area contributed by atoms with E-state index in [1.54, 1.807) is 36.1 Å². The lowest BCUT2D eigenvalue weighted by atomic mass is 10.2. The predicted octanol–water partition coefficient (Wildman–Crippen LogP) is 3.72. The van der Waals surface area contributed by atoms with E-state index >= 15 is 0 Å². The number of amides is 1. The molecule has 0 aliphatic carbocycles. The number of carbonyl (C=O) groups is 2.